The summed E-state index contributed by atoms with van der Waals surface area (Å²) in [5.74, 6) is -3.78. The molecule has 0 aliphatic heterocycles. The van der Waals surface area contributed by atoms with Gasteiger partial charge in [0.1, 0.15) is 0 Å². The minimum atomic E-state index is -4.63. The van der Waals surface area contributed by atoms with Crippen LogP contribution in [0.25, 0.3) is 0 Å². The molecule has 0 aliphatic rings. The van der Waals surface area contributed by atoms with E-state index < -0.39 is 26.4 Å². The molecule has 0 saturated carbocycles. The fourth-order valence-corrected chi connectivity index (χ4v) is 2.07. The van der Waals surface area contributed by atoms with Gasteiger partial charge in [-0.1, -0.05) is 6.92 Å². The number of alkyl halides is 2. The Balaban J connectivity index is 0.00000400. The van der Waals surface area contributed by atoms with E-state index in [1.807, 2.05) is 6.92 Å². The van der Waals surface area contributed by atoms with Gasteiger partial charge in [0.2, 0.25) is 9.84 Å². The fraction of sp³-hybridized carbons (Fsp3) is 0.417. The summed E-state index contributed by atoms with van der Waals surface area (Å²) in [7, 11) is -4.63. The van der Waals surface area contributed by atoms with Crippen molar-refractivity contribution < 1.29 is 22.0 Å². The van der Waals surface area contributed by atoms with Crippen LogP contribution < -0.4 is 11.1 Å². The van der Waals surface area contributed by atoms with Gasteiger partial charge in [-0.15, -0.1) is 12.4 Å². The van der Waals surface area contributed by atoms with Crippen molar-refractivity contribution in [3.05, 3.63) is 29.8 Å². The number of hydrogen-bond acceptors (Lipinski definition) is 4. The van der Waals surface area contributed by atoms with Crippen molar-refractivity contribution in [2.24, 2.45) is 11.7 Å². The summed E-state index contributed by atoms with van der Waals surface area (Å²) in [4.78, 5) is 11.2. The molecule has 1 amide bonds. The van der Waals surface area contributed by atoms with Gasteiger partial charge in [-0.25, -0.2) is 8.42 Å². The highest BCUT2D eigenvalue weighted by Gasteiger charge is 2.26. The van der Waals surface area contributed by atoms with E-state index in [1.54, 1.807) is 0 Å². The highest BCUT2D eigenvalue weighted by molar-refractivity contribution is 7.91. The van der Waals surface area contributed by atoms with Crippen LogP contribution >= 0.6 is 12.4 Å². The zero-order chi connectivity index (χ0) is 15.3. The molecular formula is C12H17ClF2N2O3S. The molecule has 1 atom stereocenters. The van der Waals surface area contributed by atoms with E-state index in [-0.39, 0.29) is 23.9 Å². The monoisotopic (exact) mass is 342 g/mol. The molecule has 1 aromatic carbocycles. The van der Waals surface area contributed by atoms with Crippen molar-refractivity contribution in [1.82, 2.24) is 5.32 Å². The van der Waals surface area contributed by atoms with E-state index in [4.69, 9.17) is 5.73 Å². The first-order valence-corrected chi connectivity index (χ1v) is 7.44. The average molecular weight is 343 g/mol. The van der Waals surface area contributed by atoms with Crippen LogP contribution in [0, 0.1) is 5.92 Å². The Labute approximate surface area is 128 Å². The molecular weight excluding hydrogens is 326 g/mol. The number of amides is 1. The normalized spacial score (nSPS) is 12.6. The van der Waals surface area contributed by atoms with E-state index in [9.17, 15) is 22.0 Å². The number of nitrogens with two attached hydrogens (primary N) is 1. The highest BCUT2D eigenvalue weighted by atomic mass is 35.5. The second-order valence-corrected chi connectivity index (χ2v) is 6.30. The number of halogens is 3. The SMILES string of the molecule is CC(CN)CNC(=O)c1ccc(S(=O)(=O)C(F)F)cc1.Cl. The molecule has 5 nitrogen and oxygen atoms in total. The van der Waals surface area contributed by atoms with Crippen LogP contribution in [0.15, 0.2) is 29.2 Å². The third kappa shape index (κ3) is 5.22. The lowest BCUT2D eigenvalue weighted by Gasteiger charge is -2.10. The maximum atomic E-state index is 12.3. The van der Waals surface area contributed by atoms with Crippen molar-refractivity contribution in [3.63, 3.8) is 0 Å². The van der Waals surface area contributed by atoms with Crippen LogP contribution in [0.5, 0.6) is 0 Å². The number of nitrogens with one attached hydrogen (secondary N) is 1. The molecule has 1 unspecified atom stereocenters. The number of carbonyl (C=O) groups is 1. The summed E-state index contributed by atoms with van der Waals surface area (Å²) in [5.41, 5.74) is 5.60. The zero-order valence-corrected chi connectivity index (χ0v) is 12.9. The molecule has 0 fully saturated rings. The largest absolute Gasteiger partial charge is 0.352 e. The van der Waals surface area contributed by atoms with Crippen LogP contribution in [-0.4, -0.2) is 33.2 Å². The van der Waals surface area contributed by atoms with Crippen molar-refractivity contribution in [2.45, 2.75) is 17.6 Å². The summed E-state index contributed by atoms with van der Waals surface area (Å²) in [5, 5.41) is 2.61. The number of carbonyl (C=O) groups excluding carboxylic acids is 1. The number of rotatable bonds is 6. The van der Waals surface area contributed by atoms with Gasteiger partial charge in [-0.05, 0) is 36.7 Å². The average Bonchev–Trinajstić information content (AvgIpc) is 2.44. The maximum absolute atomic E-state index is 12.3. The molecule has 1 aromatic rings. The Morgan fingerprint density at radius 2 is 1.81 bits per heavy atom. The van der Waals surface area contributed by atoms with E-state index >= 15 is 0 Å². The second-order valence-electron chi connectivity index (χ2n) is 4.38. The third-order valence-corrected chi connectivity index (χ3v) is 4.09. The summed E-state index contributed by atoms with van der Waals surface area (Å²) in [6.45, 7) is 2.66. The molecule has 0 heterocycles. The van der Waals surface area contributed by atoms with Crippen molar-refractivity contribution in [3.8, 4) is 0 Å². The lowest BCUT2D eigenvalue weighted by molar-refractivity contribution is 0.0948. The number of hydrogen-bond donors (Lipinski definition) is 2. The summed E-state index contributed by atoms with van der Waals surface area (Å²) >= 11 is 0. The van der Waals surface area contributed by atoms with Crippen molar-refractivity contribution >= 4 is 28.2 Å². The first-order chi connectivity index (χ1) is 9.28. The van der Waals surface area contributed by atoms with Crippen LogP contribution in [0.3, 0.4) is 0 Å². The van der Waals surface area contributed by atoms with E-state index in [0.717, 1.165) is 12.1 Å². The van der Waals surface area contributed by atoms with Crippen LogP contribution in [0.2, 0.25) is 0 Å². The van der Waals surface area contributed by atoms with Crippen LogP contribution in [0.4, 0.5) is 8.78 Å². The highest BCUT2D eigenvalue weighted by Crippen LogP contribution is 2.18. The predicted molar refractivity (Wildman–Crippen MR) is 77.4 cm³/mol. The second kappa shape index (κ2) is 8.26. The smallest absolute Gasteiger partial charge is 0.341 e. The molecule has 3 N–H and O–H groups in total. The van der Waals surface area contributed by atoms with Gasteiger partial charge in [0, 0.05) is 12.1 Å². The number of sulfone groups is 1. The summed E-state index contributed by atoms with van der Waals surface area (Å²) in [6, 6.07) is 4.36. The quantitative estimate of drug-likeness (QED) is 0.818. The lowest BCUT2D eigenvalue weighted by atomic mass is 10.1. The Kier molecular flexibility index (Phi) is 7.76. The van der Waals surface area contributed by atoms with Gasteiger partial charge in [0.05, 0.1) is 4.90 Å². The summed E-state index contributed by atoms with van der Waals surface area (Å²) in [6.07, 6.45) is 0. The van der Waals surface area contributed by atoms with Gasteiger partial charge in [0.25, 0.3) is 5.91 Å². The Bertz CT molecular complexity index is 564. The van der Waals surface area contributed by atoms with E-state index in [2.05, 4.69) is 5.32 Å². The lowest BCUT2D eigenvalue weighted by Crippen LogP contribution is -2.31. The number of benzene rings is 1. The van der Waals surface area contributed by atoms with E-state index in [1.165, 1.54) is 12.1 Å². The first kappa shape index (κ1) is 19.8. The topological polar surface area (TPSA) is 89.3 Å². The zero-order valence-electron chi connectivity index (χ0n) is 11.3. The molecule has 21 heavy (non-hydrogen) atoms. The standard InChI is InChI=1S/C12H16F2N2O3S.ClH/c1-8(6-15)7-16-11(17)9-2-4-10(5-3-9)20(18,19)12(13)14;/h2-5,8,12H,6-7,15H2,1H3,(H,16,17);1H. The Hall–Kier alpha value is -1.25. The molecule has 0 radical (unpaired) electrons. The van der Waals surface area contributed by atoms with Gasteiger partial charge in [-0.3, -0.25) is 4.79 Å². The minimum Gasteiger partial charge on any atom is -0.352 e. The fourth-order valence-electron chi connectivity index (χ4n) is 1.35. The molecule has 1 rings (SSSR count). The van der Waals surface area contributed by atoms with Crippen LogP contribution in [-0.2, 0) is 9.84 Å². The van der Waals surface area contributed by atoms with Crippen molar-refractivity contribution in [1.29, 1.82) is 0 Å². The Morgan fingerprint density at radius 3 is 2.24 bits per heavy atom. The van der Waals surface area contributed by atoms with Gasteiger partial charge >= 0.3 is 5.76 Å². The molecule has 0 bridgehead atoms. The first-order valence-electron chi connectivity index (χ1n) is 5.89. The molecule has 0 aromatic heterocycles. The Morgan fingerprint density at radius 1 is 1.29 bits per heavy atom. The molecule has 0 saturated heterocycles. The minimum absolute atomic E-state index is 0. The predicted octanol–water partition coefficient (Wildman–Crippen LogP) is 1.43. The van der Waals surface area contributed by atoms with Crippen LogP contribution in [0.1, 0.15) is 17.3 Å². The van der Waals surface area contributed by atoms with Crippen molar-refractivity contribution in [2.75, 3.05) is 13.1 Å². The molecule has 9 heteroatoms. The van der Waals surface area contributed by atoms with Gasteiger partial charge in [-0.2, -0.15) is 8.78 Å². The summed E-state index contributed by atoms with van der Waals surface area (Å²) < 4.78 is 47.1. The molecule has 120 valence electrons. The van der Waals surface area contributed by atoms with Gasteiger partial charge < -0.3 is 11.1 Å². The van der Waals surface area contributed by atoms with Gasteiger partial charge in [0.15, 0.2) is 0 Å². The molecule has 0 spiro atoms. The third-order valence-electron chi connectivity index (χ3n) is 2.69. The van der Waals surface area contributed by atoms with E-state index in [0.29, 0.717) is 13.1 Å². The maximum Gasteiger partial charge on any atom is 0.341 e. The molecule has 0 aliphatic carbocycles.